The topological polar surface area (TPSA) is 45.2 Å². The van der Waals surface area contributed by atoms with Crippen LogP contribution in [0.15, 0.2) is 188 Å². The van der Waals surface area contributed by atoms with E-state index in [0.717, 1.165) is 79.3 Å². The summed E-state index contributed by atoms with van der Waals surface area (Å²) in [5.74, 6) is 0. The Hall–Kier alpha value is -7.37. The summed E-state index contributed by atoms with van der Waals surface area (Å²) in [5.41, 5.74) is 16.6. The zero-order valence-corrected chi connectivity index (χ0v) is 34.1. The minimum atomic E-state index is -0.361. The molecule has 0 aliphatic heterocycles. The number of fused-ring (bicyclic) bond motifs is 7. The van der Waals surface area contributed by atoms with E-state index in [1.54, 1.807) is 0 Å². The molecular formula is C55H43N5. The Kier molecular flexibility index (Phi) is 8.11. The number of nitrogens with zero attached hydrogens (tertiary/aromatic N) is 5. The van der Waals surface area contributed by atoms with Crippen LogP contribution in [0.4, 0.5) is 34.1 Å². The highest BCUT2D eigenvalue weighted by molar-refractivity contribution is 5.91. The highest BCUT2D eigenvalue weighted by Gasteiger charge is 2.45. The lowest BCUT2D eigenvalue weighted by molar-refractivity contribution is 0.617. The molecule has 11 rings (SSSR count). The van der Waals surface area contributed by atoms with Crippen molar-refractivity contribution in [2.75, 3.05) is 9.80 Å². The number of pyridine rings is 1. The highest BCUT2D eigenvalue weighted by Crippen LogP contribution is 2.54. The lowest BCUT2D eigenvalue weighted by atomic mass is 9.84. The minimum absolute atomic E-state index is 0.354. The normalized spacial score (nSPS) is 13.9. The molecule has 5 nitrogen and oxygen atoms in total. The smallest absolute Gasteiger partial charge is 0.0933 e. The van der Waals surface area contributed by atoms with E-state index in [1.165, 1.54) is 21.9 Å². The van der Waals surface area contributed by atoms with Crippen LogP contribution in [0, 0.1) is 0 Å². The van der Waals surface area contributed by atoms with Gasteiger partial charge in [0.05, 0.1) is 40.4 Å². The first-order valence-corrected chi connectivity index (χ1v) is 20.7. The third kappa shape index (κ3) is 5.65. The van der Waals surface area contributed by atoms with Crippen LogP contribution >= 0.6 is 0 Å². The predicted molar refractivity (Wildman–Crippen MR) is 247 cm³/mol. The number of hydrogen-bond donors (Lipinski definition) is 0. The first-order chi connectivity index (χ1) is 29.3. The Bertz CT molecular complexity index is 3040. The second-order valence-electron chi connectivity index (χ2n) is 17.0. The van der Waals surface area contributed by atoms with Crippen LogP contribution < -0.4 is 9.80 Å². The van der Waals surface area contributed by atoms with Crippen molar-refractivity contribution in [2.24, 2.45) is 0 Å². The van der Waals surface area contributed by atoms with Crippen molar-refractivity contribution in [3.8, 4) is 33.8 Å². The molecule has 0 saturated carbocycles. The largest absolute Gasteiger partial charge is 0.310 e. The molecule has 288 valence electrons. The molecule has 0 amide bonds. The molecule has 0 spiro atoms. The molecule has 9 aromatic rings. The van der Waals surface area contributed by atoms with Gasteiger partial charge in [0.15, 0.2) is 0 Å². The molecule has 0 saturated heterocycles. The summed E-state index contributed by atoms with van der Waals surface area (Å²) in [7, 11) is 0. The molecule has 0 radical (unpaired) electrons. The third-order valence-electron chi connectivity index (χ3n) is 12.6. The maximum Gasteiger partial charge on any atom is 0.0933 e. The van der Waals surface area contributed by atoms with Gasteiger partial charge in [-0.05, 0) is 101 Å². The molecule has 0 bridgehead atoms. The zero-order chi connectivity index (χ0) is 40.6. The van der Waals surface area contributed by atoms with Gasteiger partial charge in [-0.2, -0.15) is 0 Å². The van der Waals surface area contributed by atoms with E-state index in [0.29, 0.717) is 0 Å². The van der Waals surface area contributed by atoms with Gasteiger partial charge in [-0.15, -0.1) is 0 Å². The quantitative estimate of drug-likeness (QED) is 0.161. The Morgan fingerprint density at radius 3 is 1.42 bits per heavy atom. The number of hydrogen-bond acceptors (Lipinski definition) is 5. The number of benzene rings is 7. The average Bonchev–Trinajstić information content (AvgIpc) is 3.65. The molecule has 5 heteroatoms. The molecule has 0 N–H and O–H groups in total. The number of rotatable bonds is 7. The average molecular weight is 774 g/mol. The molecule has 2 aromatic heterocycles. The fourth-order valence-electron chi connectivity index (χ4n) is 9.39. The van der Waals surface area contributed by atoms with Crippen molar-refractivity contribution in [1.29, 1.82) is 0 Å². The highest BCUT2D eigenvalue weighted by atomic mass is 15.2. The molecule has 2 aliphatic carbocycles. The Labute approximate surface area is 351 Å². The summed E-state index contributed by atoms with van der Waals surface area (Å²) in [6.07, 6.45) is 1.97. The maximum absolute atomic E-state index is 5.56. The van der Waals surface area contributed by atoms with Gasteiger partial charge in [0, 0.05) is 56.0 Å². The van der Waals surface area contributed by atoms with E-state index in [9.17, 15) is 0 Å². The van der Waals surface area contributed by atoms with E-state index >= 15 is 0 Å². The molecule has 2 heterocycles. The van der Waals surface area contributed by atoms with Gasteiger partial charge in [-0.1, -0.05) is 131 Å². The minimum Gasteiger partial charge on any atom is -0.310 e. The fourth-order valence-corrected chi connectivity index (χ4v) is 9.39. The van der Waals surface area contributed by atoms with Gasteiger partial charge in [0.1, 0.15) is 0 Å². The second kappa shape index (κ2) is 13.6. The predicted octanol–water partition coefficient (Wildman–Crippen LogP) is 14.2. The lowest BCUT2D eigenvalue weighted by Crippen LogP contribution is -2.20. The standard InChI is InChI=1S/C55H43N5/c1-54(2)47-33-38(49-31-28-44(35-56-49)59(39-18-8-5-9-19-39)40-20-10-6-11-21-40)25-29-45(47)50-52(54)58-51-46-30-27-43(34-48(46)55(3,4)53(51)57-50)60(41-22-12-7-13-23-41)42-26-24-36-16-14-15-17-37(36)32-42/h5-35H,1-4H3. The number of aromatic nitrogens is 3. The number of para-hydroxylation sites is 3. The van der Waals surface area contributed by atoms with Crippen molar-refractivity contribution >= 4 is 44.9 Å². The summed E-state index contributed by atoms with van der Waals surface area (Å²) >= 11 is 0. The van der Waals surface area contributed by atoms with Crippen LogP contribution in [0.1, 0.15) is 50.2 Å². The summed E-state index contributed by atoms with van der Waals surface area (Å²) < 4.78 is 0. The first-order valence-electron chi connectivity index (χ1n) is 20.7. The van der Waals surface area contributed by atoms with Crippen LogP contribution in [-0.2, 0) is 10.8 Å². The van der Waals surface area contributed by atoms with Gasteiger partial charge in [-0.25, -0.2) is 9.97 Å². The molecule has 60 heavy (non-hydrogen) atoms. The molecule has 0 fully saturated rings. The Balaban J connectivity index is 0.946. The molecule has 2 aliphatic rings. The van der Waals surface area contributed by atoms with Gasteiger partial charge in [-0.3, -0.25) is 4.98 Å². The monoisotopic (exact) mass is 773 g/mol. The summed E-state index contributed by atoms with van der Waals surface area (Å²) in [6, 6.07) is 64.6. The van der Waals surface area contributed by atoms with Crippen LogP contribution in [0.3, 0.4) is 0 Å². The van der Waals surface area contributed by atoms with Crippen molar-refractivity contribution in [3.63, 3.8) is 0 Å². The summed E-state index contributed by atoms with van der Waals surface area (Å²) in [5, 5.41) is 2.44. The molecule has 7 aromatic carbocycles. The van der Waals surface area contributed by atoms with E-state index in [4.69, 9.17) is 15.0 Å². The second-order valence-corrected chi connectivity index (χ2v) is 17.0. The van der Waals surface area contributed by atoms with E-state index in [-0.39, 0.29) is 10.8 Å². The van der Waals surface area contributed by atoms with Gasteiger partial charge in [0.25, 0.3) is 0 Å². The van der Waals surface area contributed by atoms with Crippen molar-refractivity contribution in [2.45, 2.75) is 38.5 Å². The zero-order valence-electron chi connectivity index (χ0n) is 34.1. The van der Waals surface area contributed by atoms with Crippen LogP contribution in [0.5, 0.6) is 0 Å². The summed E-state index contributed by atoms with van der Waals surface area (Å²) in [4.78, 5) is 20.7. The van der Waals surface area contributed by atoms with E-state index < -0.39 is 0 Å². The Morgan fingerprint density at radius 1 is 0.383 bits per heavy atom. The molecular weight excluding hydrogens is 731 g/mol. The summed E-state index contributed by atoms with van der Waals surface area (Å²) in [6.45, 7) is 9.15. The SMILES string of the molecule is CC1(C)c2cc(-c3ccc(N(c4ccccc4)c4ccccc4)cn3)ccc2-c2nc3c(nc21)-c1ccc(N(c2ccccc2)c2ccc4ccccc4c2)cc1C3(C)C. The lowest BCUT2D eigenvalue weighted by Gasteiger charge is -2.28. The van der Waals surface area contributed by atoms with Crippen molar-refractivity contribution in [1.82, 2.24) is 15.0 Å². The number of anilines is 6. The first kappa shape index (κ1) is 35.8. The third-order valence-corrected chi connectivity index (χ3v) is 12.6. The van der Waals surface area contributed by atoms with Crippen LogP contribution in [-0.4, -0.2) is 15.0 Å². The van der Waals surface area contributed by atoms with Crippen LogP contribution in [0.25, 0.3) is 44.5 Å². The fraction of sp³-hybridized carbons (Fsp3) is 0.109. The molecule has 0 atom stereocenters. The maximum atomic E-state index is 5.56. The van der Waals surface area contributed by atoms with Gasteiger partial charge in [0.2, 0.25) is 0 Å². The van der Waals surface area contributed by atoms with Crippen LogP contribution in [0.2, 0.25) is 0 Å². The van der Waals surface area contributed by atoms with Gasteiger partial charge < -0.3 is 9.80 Å². The molecule has 0 unspecified atom stereocenters. The van der Waals surface area contributed by atoms with Gasteiger partial charge >= 0.3 is 0 Å². The Morgan fingerprint density at radius 2 is 0.850 bits per heavy atom. The van der Waals surface area contributed by atoms with Crippen molar-refractivity contribution < 1.29 is 0 Å². The van der Waals surface area contributed by atoms with Crippen molar-refractivity contribution in [3.05, 3.63) is 211 Å². The van der Waals surface area contributed by atoms with E-state index in [1.807, 2.05) is 18.3 Å². The van der Waals surface area contributed by atoms with E-state index in [2.05, 4.69) is 207 Å².